The van der Waals surface area contributed by atoms with Crippen LogP contribution in [0.4, 0.5) is 4.39 Å². The van der Waals surface area contributed by atoms with Gasteiger partial charge in [0.1, 0.15) is 5.75 Å². The highest BCUT2D eigenvalue weighted by atomic mass is 19.1. The van der Waals surface area contributed by atoms with Crippen LogP contribution in [0.3, 0.4) is 0 Å². The first-order chi connectivity index (χ1) is 7.61. The fourth-order valence-corrected chi connectivity index (χ4v) is 1.20. The fraction of sp³-hybridized carbons (Fsp3) is 0.273. The van der Waals surface area contributed by atoms with Crippen molar-refractivity contribution in [2.45, 2.75) is 6.17 Å². The molecule has 0 aliphatic heterocycles. The van der Waals surface area contributed by atoms with Crippen molar-refractivity contribution in [3.05, 3.63) is 29.8 Å². The number of alkyl halides is 1. The van der Waals surface area contributed by atoms with Gasteiger partial charge in [-0.05, 0) is 12.1 Å². The van der Waals surface area contributed by atoms with Crippen molar-refractivity contribution in [1.29, 1.82) is 0 Å². The van der Waals surface area contributed by atoms with Crippen molar-refractivity contribution in [2.75, 3.05) is 14.2 Å². The summed E-state index contributed by atoms with van der Waals surface area (Å²) in [7, 11) is 2.38. The molecule has 0 radical (unpaired) electrons. The van der Waals surface area contributed by atoms with Crippen LogP contribution in [0.1, 0.15) is 10.4 Å². The lowest BCUT2D eigenvalue weighted by atomic mass is 10.1. The smallest absolute Gasteiger partial charge is 0.348 e. The number of carbonyl (C=O) groups excluding carboxylic acids is 2. The van der Waals surface area contributed by atoms with E-state index in [1.54, 1.807) is 12.1 Å². The number of hydrogen-bond acceptors (Lipinski definition) is 4. The minimum absolute atomic E-state index is 0.0166. The predicted octanol–water partition coefficient (Wildman–Crippen LogP) is 1.39. The van der Waals surface area contributed by atoms with Crippen molar-refractivity contribution in [2.24, 2.45) is 0 Å². The van der Waals surface area contributed by atoms with E-state index in [9.17, 15) is 14.0 Å². The summed E-state index contributed by atoms with van der Waals surface area (Å²) in [4.78, 5) is 22.4. The van der Waals surface area contributed by atoms with Gasteiger partial charge < -0.3 is 9.47 Å². The number of methoxy groups -OCH3 is 2. The molecule has 0 saturated heterocycles. The van der Waals surface area contributed by atoms with E-state index in [2.05, 4.69) is 4.74 Å². The summed E-state index contributed by atoms with van der Waals surface area (Å²) < 4.78 is 22.4. The van der Waals surface area contributed by atoms with Gasteiger partial charge in [-0.2, -0.15) is 0 Å². The zero-order valence-corrected chi connectivity index (χ0v) is 8.90. The molecule has 0 heterocycles. The largest absolute Gasteiger partial charge is 0.496 e. The minimum Gasteiger partial charge on any atom is -0.496 e. The number of hydrogen-bond donors (Lipinski definition) is 0. The Morgan fingerprint density at radius 3 is 2.44 bits per heavy atom. The number of rotatable bonds is 4. The first-order valence-electron chi connectivity index (χ1n) is 4.51. The summed E-state index contributed by atoms with van der Waals surface area (Å²) in [6.45, 7) is 0. The van der Waals surface area contributed by atoms with E-state index < -0.39 is 17.9 Å². The van der Waals surface area contributed by atoms with Gasteiger partial charge in [0.05, 0.1) is 19.8 Å². The molecule has 0 fully saturated rings. The molecule has 1 aromatic carbocycles. The van der Waals surface area contributed by atoms with Crippen LogP contribution < -0.4 is 4.74 Å². The van der Waals surface area contributed by atoms with Crippen LogP contribution in [0.5, 0.6) is 5.75 Å². The number of halogens is 1. The fourth-order valence-electron chi connectivity index (χ4n) is 1.20. The van der Waals surface area contributed by atoms with Crippen molar-refractivity contribution in [1.82, 2.24) is 0 Å². The van der Waals surface area contributed by atoms with Crippen LogP contribution in [-0.2, 0) is 9.53 Å². The molecule has 0 aliphatic carbocycles. The van der Waals surface area contributed by atoms with Crippen LogP contribution in [0, 0.1) is 0 Å². The molecule has 0 amide bonds. The summed E-state index contributed by atoms with van der Waals surface area (Å²) in [5.74, 6) is -1.96. The van der Waals surface area contributed by atoms with Crippen molar-refractivity contribution >= 4 is 11.8 Å². The highest BCUT2D eigenvalue weighted by Gasteiger charge is 2.29. The van der Waals surface area contributed by atoms with E-state index in [0.29, 0.717) is 0 Å². The van der Waals surface area contributed by atoms with Gasteiger partial charge in [0.15, 0.2) is 0 Å². The number of benzene rings is 1. The van der Waals surface area contributed by atoms with Gasteiger partial charge >= 0.3 is 5.97 Å². The van der Waals surface area contributed by atoms with Gasteiger partial charge in [0.2, 0.25) is 5.78 Å². The standard InChI is InChI=1S/C11H11FO4/c1-15-8-6-4-3-5-7(8)10(13)9(12)11(14)16-2/h3-6,9H,1-2H3. The molecule has 1 aromatic rings. The van der Waals surface area contributed by atoms with Crippen LogP contribution in [0.25, 0.3) is 0 Å². The molecular formula is C11H11FO4. The lowest BCUT2D eigenvalue weighted by molar-refractivity contribution is -0.144. The molecule has 0 aromatic heterocycles. The summed E-state index contributed by atoms with van der Waals surface area (Å²) in [6, 6.07) is 6.09. The van der Waals surface area contributed by atoms with E-state index in [0.717, 1.165) is 7.11 Å². The third-order valence-corrected chi connectivity index (χ3v) is 2.01. The van der Waals surface area contributed by atoms with E-state index in [1.165, 1.54) is 19.2 Å². The topological polar surface area (TPSA) is 52.6 Å². The van der Waals surface area contributed by atoms with E-state index in [4.69, 9.17) is 4.74 Å². The molecule has 0 spiro atoms. The van der Waals surface area contributed by atoms with Crippen LogP contribution >= 0.6 is 0 Å². The zero-order valence-electron chi connectivity index (χ0n) is 8.90. The molecule has 1 unspecified atom stereocenters. The van der Waals surface area contributed by atoms with Crippen LogP contribution in [0.2, 0.25) is 0 Å². The Balaban J connectivity index is 3.00. The molecule has 5 heteroatoms. The number of para-hydroxylation sites is 1. The number of carbonyl (C=O) groups is 2. The second-order valence-electron chi connectivity index (χ2n) is 2.95. The molecule has 0 N–H and O–H groups in total. The van der Waals surface area contributed by atoms with Crippen LogP contribution in [-0.4, -0.2) is 32.1 Å². The van der Waals surface area contributed by atoms with Gasteiger partial charge in [-0.25, -0.2) is 9.18 Å². The average molecular weight is 226 g/mol. The molecule has 0 bridgehead atoms. The Labute approximate surface area is 92.0 Å². The normalized spacial score (nSPS) is 11.7. The Morgan fingerprint density at radius 2 is 1.88 bits per heavy atom. The third-order valence-electron chi connectivity index (χ3n) is 2.01. The molecule has 16 heavy (non-hydrogen) atoms. The maximum Gasteiger partial charge on any atom is 0.348 e. The molecule has 1 rings (SSSR count). The molecule has 1 atom stereocenters. The van der Waals surface area contributed by atoms with Gasteiger partial charge in [0.25, 0.3) is 6.17 Å². The number of esters is 1. The van der Waals surface area contributed by atoms with E-state index in [1.807, 2.05) is 0 Å². The maximum absolute atomic E-state index is 13.3. The SMILES string of the molecule is COC(=O)C(F)C(=O)c1ccccc1OC. The molecular weight excluding hydrogens is 215 g/mol. The third kappa shape index (κ3) is 2.36. The Morgan fingerprint density at radius 1 is 1.25 bits per heavy atom. The Bertz CT molecular complexity index is 403. The Kier molecular flexibility index (Phi) is 3.99. The summed E-state index contributed by atoms with van der Waals surface area (Å²) >= 11 is 0. The van der Waals surface area contributed by atoms with Gasteiger partial charge in [-0.3, -0.25) is 4.79 Å². The molecule has 4 nitrogen and oxygen atoms in total. The minimum atomic E-state index is -2.32. The Hall–Kier alpha value is -1.91. The molecule has 0 aliphatic rings. The number of Topliss-reactive ketones (excluding diaryl/α,β-unsaturated/α-hetero) is 1. The van der Waals surface area contributed by atoms with E-state index in [-0.39, 0.29) is 11.3 Å². The van der Waals surface area contributed by atoms with Crippen molar-refractivity contribution in [3.8, 4) is 5.75 Å². The average Bonchev–Trinajstić information content (AvgIpc) is 2.35. The van der Waals surface area contributed by atoms with Crippen LogP contribution in [0.15, 0.2) is 24.3 Å². The first kappa shape index (κ1) is 12.2. The van der Waals surface area contributed by atoms with Gasteiger partial charge in [-0.1, -0.05) is 12.1 Å². The van der Waals surface area contributed by atoms with Gasteiger partial charge in [-0.15, -0.1) is 0 Å². The zero-order chi connectivity index (χ0) is 12.1. The second kappa shape index (κ2) is 5.25. The molecule has 86 valence electrons. The molecule has 0 saturated carbocycles. The number of ether oxygens (including phenoxy) is 2. The maximum atomic E-state index is 13.3. The lowest BCUT2D eigenvalue weighted by Crippen LogP contribution is -2.27. The quantitative estimate of drug-likeness (QED) is 0.442. The summed E-state index contributed by atoms with van der Waals surface area (Å²) in [5, 5.41) is 0. The summed E-state index contributed by atoms with van der Waals surface area (Å²) in [6.07, 6.45) is -2.32. The monoisotopic (exact) mass is 226 g/mol. The summed E-state index contributed by atoms with van der Waals surface area (Å²) in [5.41, 5.74) is 0.0166. The van der Waals surface area contributed by atoms with Gasteiger partial charge in [0, 0.05) is 0 Å². The highest BCUT2D eigenvalue weighted by Crippen LogP contribution is 2.20. The lowest BCUT2D eigenvalue weighted by Gasteiger charge is -2.08. The number of ketones is 1. The van der Waals surface area contributed by atoms with Crippen molar-refractivity contribution in [3.63, 3.8) is 0 Å². The predicted molar refractivity (Wildman–Crippen MR) is 54.2 cm³/mol. The van der Waals surface area contributed by atoms with Crippen molar-refractivity contribution < 1.29 is 23.5 Å². The highest BCUT2D eigenvalue weighted by molar-refractivity contribution is 6.12. The first-order valence-corrected chi connectivity index (χ1v) is 4.51. The second-order valence-corrected chi connectivity index (χ2v) is 2.95. The van der Waals surface area contributed by atoms with E-state index >= 15 is 0 Å².